The van der Waals surface area contributed by atoms with Crippen molar-refractivity contribution in [3.63, 3.8) is 0 Å². The van der Waals surface area contributed by atoms with Crippen LogP contribution in [0.25, 0.3) is 0 Å². The predicted molar refractivity (Wildman–Crippen MR) is 118 cm³/mol. The molecule has 1 aliphatic rings. The molecule has 7 heteroatoms. The monoisotopic (exact) mass is 426 g/mol. The zero-order valence-corrected chi connectivity index (χ0v) is 17.7. The number of rotatable bonds is 7. The van der Waals surface area contributed by atoms with E-state index in [0.717, 1.165) is 62.6 Å². The second-order valence-corrected chi connectivity index (χ2v) is 6.57. The molecule has 0 bridgehead atoms. The van der Waals surface area contributed by atoms with E-state index in [1.54, 1.807) is 19.2 Å². The molecule has 154 valence electrons. The third kappa shape index (κ3) is 6.03. The zero-order chi connectivity index (χ0) is 18.4. The van der Waals surface area contributed by atoms with E-state index in [0.29, 0.717) is 5.56 Å². The quantitative estimate of drug-likeness (QED) is 0.724. The third-order valence-corrected chi connectivity index (χ3v) is 4.97. The Labute approximate surface area is 179 Å². The van der Waals surface area contributed by atoms with Crippen molar-refractivity contribution in [2.75, 3.05) is 44.7 Å². The summed E-state index contributed by atoms with van der Waals surface area (Å²) in [5.41, 5.74) is 2.51. The predicted octanol–water partition coefficient (Wildman–Crippen LogP) is 3.99. The standard InChI is InChI=1S/C21H26N2O3.2ClH/c1-26-20-11-5-4-10-19(20)23-15-13-22(14-16-23)12-6-8-17-7-2-3-9-18(17)21(24)25;;/h2-5,7,9-11H,6,8,12-16H2,1H3,(H,24,25);2*1H. The summed E-state index contributed by atoms with van der Waals surface area (Å²) in [6.45, 7) is 4.98. The van der Waals surface area contributed by atoms with Crippen LogP contribution < -0.4 is 9.64 Å². The fraction of sp³-hybridized carbons (Fsp3) is 0.381. The lowest BCUT2D eigenvalue weighted by Gasteiger charge is -2.36. The van der Waals surface area contributed by atoms with Crippen LogP contribution in [0.15, 0.2) is 48.5 Å². The van der Waals surface area contributed by atoms with Gasteiger partial charge in [0, 0.05) is 26.2 Å². The molecule has 0 aliphatic carbocycles. The van der Waals surface area contributed by atoms with E-state index in [1.807, 2.05) is 30.3 Å². The zero-order valence-electron chi connectivity index (χ0n) is 16.0. The first kappa shape index (κ1) is 24.1. The number of piperazine rings is 1. The van der Waals surface area contributed by atoms with Gasteiger partial charge >= 0.3 is 5.97 Å². The molecule has 2 aromatic rings. The summed E-state index contributed by atoms with van der Waals surface area (Å²) in [7, 11) is 1.71. The molecule has 0 saturated carbocycles. The van der Waals surface area contributed by atoms with Gasteiger partial charge in [0.2, 0.25) is 0 Å². The van der Waals surface area contributed by atoms with Crippen molar-refractivity contribution in [1.82, 2.24) is 4.90 Å². The highest BCUT2D eigenvalue weighted by molar-refractivity contribution is 5.89. The summed E-state index contributed by atoms with van der Waals surface area (Å²) in [4.78, 5) is 16.1. The Morgan fingerprint density at radius 2 is 1.64 bits per heavy atom. The van der Waals surface area contributed by atoms with E-state index < -0.39 is 5.97 Å². The number of carbonyl (C=O) groups is 1. The minimum Gasteiger partial charge on any atom is -0.495 e. The Morgan fingerprint density at radius 3 is 2.32 bits per heavy atom. The molecule has 5 nitrogen and oxygen atoms in total. The molecule has 0 spiro atoms. The van der Waals surface area contributed by atoms with Crippen molar-refractivity contribution in [3.05, 3.63) is 59.7 Å². The summed E-state index contributed by atoms with van der Waals surface area (Å²) < 4.78 is 5.47. The van der Waals surface area contributed by atoms with Crippen molar-refractivity contribution < 1.29 is 14.6 Å². The summed E-state index contributed by atoms with van der Waals surface area (Å²) in [6.07, 6.45) is 1.77. The number of para-hydroxylation sites is 2. The molecule has 3 rings (SSSR count). The number of methoxy groups -OCH3 is 1. The molecule has 1 aliphatic heterocycles. The number of hydrogen-bond acceptors (Lipinski definition) is 4. The lowest BCUT2D eigenvalue weighted by atomic mass is 10.0. The molecule has 0 radical (unpaired) electrons. The fourth-order valence-electron chi connectivity index (χ4n) is 3.54. The average Bonchev–Trinajstić information content (AvgIpc) is 2.69. The van der Waals surface area contributed by atoms with Gasteiger partial charge in [-0.3, -0.25) is 4.90 Å². The lowest BCUT2D eigenvalue weighted by Crippen LogP contribution is -2.46. The van der Waals surface area contributed by atoms with Gasteiger partial charge in [-0.2, -0.15) is 0 Å². The Bertz CT molecular complexity index is 750. The van der Waals surface area contributed by atoms with Crippen molar-refractivity contribution in [2.45, 2.75) is 12.8 Å². The minimum absolute atomic E-state index is 0. The van der Waals surface area contributed by atoms with Crippen LogP contribution in [0.5, 0.6) is 5.75 Å². The number of aromatic carboxylic acids is 1. The smallest absolute Gasteiger partial charge is 0.335 e. The molecule has 0 aromatic heterocycles. The second-order valence-electron chi connectivity index (χ2n) is 6.57. The van der Waals surface area contributed by atoms with Gasteiger partial charge in [-0.05, 0) is 43.1 Å². The number of carboxylic acid groups (broad SMARTS) is 1. The SMILES string of the molecule is COc1ccccc1N1CCN(CCCc2ccccc2C(=O)O)CC1.Cl.Cl. The molecule has 0 atom stereocenters. The van der Waals surface area contributed by atoms with Crippen LogP contribution in [0.3, 0.4) is 0 Å². The minimum atomic E-state index is -0.842. The van der Waals surface area contributed by atoms with E-state index in [-0.39, 0.29) is 24.8 Å². The van der Waals surface area contributed by atoms with Gasteiger partial charge in [0.15, 0.2) is 0 Å². The Kier molecular flexibility index (Phi) is 10.1. The Balaban J connectivity index is 0.00000196. The van der Waals surface area contributed by atoms with Gasteiger partial charge in [-0.1, -0.05) is 30.3 Å². The molecule has 1 fully saturated rings. The van der Waals surface area contributed by atoms with Crippen LogP contribution in [0.4, 0.5) is 5.69 Å². The fourth-order valence-corrected chi connectivity index (χ4v) is 3.54. The maximum absolute atomic E-state index is 11.3. The molecule has 2 aromatic carbocycles. The first-order valence-corrected chi connectivity index (χ1v) is 9.10. The van der Waals surface area contributed by atoms with Crippen LogP contribution in [0.1, 0.15) is 22.3 Å². The molecule has 0 unspecified atom stereocenters. The Morgan fingerprint density at radius 1 is 1.00 bits per heavy atom. The summed E-state index contributed by atoms with van der Waals surface area (Å²) in [6, 6.07) is 15.4. The van der Waals surface area contributed by atoms with Gasteiger partial charge < -0.3 is 14.7 Å². The number of halogens is 2. The summed E-state index contributed by atoms with van der Waals surface area (Å²) in [5, 5.41) is 9.27. The van der Waals surface area contributed by atoms with E-state index in [4.69, 9.17) is 4.74 Å². The average molecular weight is 427 g/mol. The van der Waals surface area contributed by atoms with Crippen LogP contribution >= 0.6 is 24.8 Å². The highest BCUT2D eigenvalue weighted by Gasteiger charge is 2.19. The largest absolute Gasteiger partial charge is 0.495 e. The van der Waals surface area contributed by atoms with Crippen LogP contribution in [0.2, 0.25) is 0 Å². The van der Waals surface area contributed by atoms with Crippen molar-refractivity contribution in [3.8, 4) is 5.75 Å². The molecule has 28 heavy (non-hydrogen) atoms. The van der Waals surface area contributed by atoms with Gasteiger partial charge in [-0.25, -0.2) is 4.79 Å². The molecule has 1 N–H and O–H groups in total. The summed E-state index contributed by atoms with van der Waals surface area (Å²) in [5.74, 6) is 0.0808. The van der Waals surface area contributed by atoms with Crippen LogP contribution in [0, 0.1) is 0 Å². The van der Waals surface area contributed by atoms with Gasteiger partial charge in [-0.15, -0.1) is 24.8 Å². The van der Waals surface area contributed by atoms with Crippen LogP contribution in [-0.2, 0) is 6.42 Å². The normalized spacial score (nSPS) is 14.0. The number of ether oxygens (including phenoxy) is 1. The number of aryl methyl sites for hydroxylation is 1. The number of nitrogens with zero attached hydrogens (tertiary/aromatic N) is 2. The van der Waals surface area contributed by atoms with Crippen LogP contribution in [-0.4, -0.2) is 55.8 Å². The number of benzene rings is 2. The molecule has 0 amide bonds. The summed E-state index contributed by atoms with van der Waals surface area (Å²) >= 11 is 0. The Hall–Kier alpha value is -1.95. The van der Waals surface area contributed by atoms with Crippen molar-refractivity contribution in [2.24, 2.45) is 0 Å². The van der Waals surface area contributed by atoms with Gasteiger partial charge in [0.1, 0.15) is 5.75 Å². The number of carboxylic acids is 1. The second kappa shape index (κ2) is 11.8. The highest BCUT2D eigenvalue weighted by atomic mass is 35.5. The van der Waals surface area contributed by atoms with E-state index in [9.17, 15) is 9.90 Å². The molecular weight excluding hydrogens is 399 g/mol. The third-order valence-electron chi connectivity index (χ3n) is 4.97. The topological polar surface area (TPSA) is 53.0 Å². The maximum atomic E-state index is 11.3. The first-order valence-electron chi connectivity index (χ1n) is 9.10. The van der Waals surface area contributed by atoms with E-state index in [1.165, 1.54) is 0 Å². The molecular formula is C21H28Cl2N2O3. The van der Waals surface area contributed by atoms with E-state index >= 15 is 0 Å². The number of hydrogen-bond donors (Lipinski definition) is 1. The van der Waals surface area contributed by atoms with Crippen molar-refractivity contribution in [1.29, 1.82) is 0 Å². The maximum Gasteiger partial charge on any atom is 0.335 e. The van der Waals surface area contributed by atoms with Crippen molar-refractivity contribution >= 4 is 36.5 Å². The van der Waals surface area contributed by atoms with Gasteiger partial charge in [0.05, 0.1) is 18.4 Å². The number of anilines is 1. The molecule has 1 saturated heterocycles. The first-order chi connectivity index (χ1) is 12.7. The lowest BCUT2D eigenvalue weighted by molar-refractivity contribution is 0.0695. The van der Waals surface area contributed by atoms with E-state index in [2.05, 4.69) is 15.9 Å². The highest BCUT2D eigenvalue weighted by Crippen LogP contribution is 2.28. The van der Waals surface area contributed by atoms with Gasteiger partial charge in [0.25, 0.3) is 0 Å². The molecule has 1 heterocycles.